The zero-order chi connectivity index (χ0) is 20.3. The number of carbonyl (C=O) groups excluding carboxylic acids is 1. The molecule has 1 amide bonds. The average Bonchev–Trinajstić information content (AvgIpc) is 3.09. The molecule has 1 unspecified atom stereocenters. The van der Waals surface area contributed by atoms with Gasteiger partial charge in [-0.15, -0.1) is 10.2 Å². The van der Waals surface area contributed by atoms with Crippen molar-refractivity contribution in [1.82, 2.24) is 14.8 Å². The van der Waals surface area contributed by atoms with Gasteiger partial charge in [0.15, 0.2) is 5.16 Å². The molecular formula is C19H17F3N4OS. The lowest BCUT2D eigenvalue weighted by Gasteiger charge is -2.14. The molecule has 3 aromatic rings. The predicted octanol–water partition coefficient (Wildman–Crippen LogP) is 4.71. The number of halogens is 3. The molecule has 9 heteroatoms. The third-order valence-corrected chi connectivity index (χ3v) is 5.08. The van der Waals surface area contributed by atoms with Crippen LogP contribution in [0.4, 0.5) is 18.9 Å². The molecule has 0 spiro atoms. The second kappa shape index (κ2) is 8.05. The fourth-order valence-corrected chi connectivity index (χ4v) is 3.34. The van der Waals surface area contributed by atoms with Gasteiger partial charge in [-0.05, 0) is 49.7 Å². The van der Waals surface area contributed by atoms with Crippen LogP contribution in [0.25, 0.3) is 5.69 Å². The zero-order valence-corrected chi connectivity index (χ0v) is 15.9. The van der Waals surface area contributed by atoms with E-state index in [4.69, 9.17) is 0 Å². The van der Waals surface area contributed by atoms with Gasteiger partial charge in [-0.1, -0.05) is 30.0 Å². The monoisotopic (exact) mass is 406 g/mol. The molecular weight excluding hydrogens is 389 g/mol. The standard InChI is InChI=1S/C19H17F3N4OS/c1-12-5-3-4-6-16(12)26-11-23-25-18(26)28-13(2)17(27)24-15-9-7-14(8-10-15)19(20,21)22/h3-11,13H,1-2H3,(H,24,27). The van der Waals surface area contributed by atoms with Crippen LogP contribution >= 0.6 is 11.8 Å². The van der Waals surface area contributed by atoms with Crippen molar-refractivity contribution in [2.75, 3.05) is 5.32 Å². The van der Waals surface area contributed by atoms with Crippen molar-refractivity contribution in [3.05, 3.63) is 66.0 Å². The van der Waals surface area contributed by atoms with Crippen molar-refractivity contribution in [1.29, 1.82) is 0 Å². The fraction of sp³-hybridized carbons (Fsp3) is 0.211. The molecule has 0 saturated carbocycles. The van der Waals surface area contributed by atoms with E-state index in [9.17, 15) is 18.0 Å². The molecule has 1 aromatic heterocycles. The Kier molecular flexibility index (Phi) is 5.73. The van der Waals surface area contributed by atoms with Crippen LogP contribution < -0.4 is 5.32 Å². The molecule has 28 heavy (non-hydrogen) atoms. The summed E-state index contributed by atoms with van der Waals surface area (Å²) >= 11 is 1.21. The van der Waals surface area contributed by atoms with Gasteiger partial charge in [-0.2, -0.15) is 13.2 Å². The Bertz CT molecular complexity index is 970. The highest BCUT2D eigenvalue weighted by Gasteiger charge is 2.30. The van der Waals surface area contributed by atoms with Crippen molar-refractivity contribution in [2.24, 2.45) is 0 Å². The highest BCUT2D eigenvalue weighted by molar-refractivity contribution is 8.00. The third-order valence-electron chi connectivity index (χ3n) is 4.02. The SMILES string of the molecule is Cc1ccccc1-n1cnnc1SC(C)C(=O)Nc1ccc(C(F)(F)F)cc1. The first-order valence-electron chi connectivity index (χ1n) is 8.36. The predicted molar refractivity (Wildman–Crippen MR) is 101 cm³/mol. The summed E-state index contributed by atoms with van der Waals surface area (Å²) in [4.78, 5) is 12.4. The maximum atomic E-state index is 12.6. The molecule has 0 aliphatic rings. The van der Waals surface area contributed by atoms with Crippen molar-refractivity contribution in [3.63, 3.8) is 0 Å². The van der Waals surface area contributed by atoms with E-state index < -0.39 is 17.0 Å². The van der Waals surface area contributed by atoms with Crippen LogP contribution in [0.1, 0.15) is 18.1 Å². The largest absolute Gasteiger partial charge is 0.416 e. The number of anilines is 1. The zero-order valence-electron chi connectivity index (χ0n) is 15.1. The Morgan fingerprint density at radius 2 is 1.82 bits per heavy atom. The number of rotatable bonds is 5. The van der Waals surface area contributed by atoms with Crippen molar-refractivity contribution < 1.29 is 18.0 Å². The van der Waals surface area contributed by atoms with Crippen LogP contribution in [-0.2, 0) is 11.0 Å². The number of nitrogens with one attached hydrogen (secondary N) is 1. The molecule has 0 saturated heterocycles. The maximum absolute atomic E-state index is 12.6. The van der Waals surface area contributed by atoms with Crippen LogP contribution in [0.3, 0.4) is 0 Å². The van der Waals surface area contributed by atoms with E-state index in [1.807, 2.05) is 31.2 Å². The number of para-hydroxylation sites is 1. The van der Waals surface area contributed by atoms with Crippen LogP contribution in [0.15, 0.2) is 60.0 Å². The summed E-state index contributed by atoms with van der Waals surface area (Å²) in [5, 5.41) is 10.6. The lowest BCUT2D eigenvalue weighted by atomic mass is 10.2. The second-order valence-corrected chi connectivity index (χ2v) is 7.40. The van der Waals surface area contributed by atoms with E-state index >= 15 is 0 Å². The van der Waals surface area contributed by atoms with Gasteiger partial charge in [0.2, 0.25) is 5.91 Å². The normalized spacial score (nSPS) is 12.6. The van der Waals surface area contributed by atoms with Gasteiger partial charge in [-0.3, -0.25) is 9.36 Å². The number of benzene rings is 2. The number of hydrogen-bond donors (Lipinski definition) is 1. The van der Waals surface area contributed by atoms with Crippen LogP contribution in [0, 0.1) is 6.92 Å². The molecule has 0 fully saturated rings. The highest BCUT2D eigenvalue weighted by Crippen LogP contribution is 2.30. The molecule has 0 aliphatic heterocycles. The van der Waals surface area contributed by atoms with Crippen LogP contribution in [0.5, 0.6) is 0 Å². The molecule has 2 aromatic carbocycles. The minimum atomic E-state index is -4.41. The molecule has 1 atom stereocenters. The summed E-state index contributed by atoms with van der Waals surface area (Å²) in [6.07, 6.45) is -2.84. The first-order valence-corrected chi connectivity index (χ1v) is 9.24. The summed E-state index contributed by atoms with van der Waals surface area (Å²) in [5.41, 5.74) is 1.47. The minimum absolute atomic E-state index is 0.297. The van der Waals surface area contributed by atoms with Gasteiger partial charge in [-0.25, -0.2) is 0 Å². The lowest BCUT2D eigenvalue weighted by molar-refractivity contribution is -0.137. The molecule has 146 valence electrons. The number of alkyl halides is 3. The van der Waals surface area contributed by atoms with E-state index in [-0.39, 0.29) is 5.91 Å². The second-order valence-electron chi connectivity index (χ2n) is 6.09. The van der Waals surface area contributed by atoms with E-state index in [1.54, 1.807) is 17.8 Å². The molecule has 1 heterocycles. The summed E-state index contributed by atoms with van der Waals surface area (Å²) in [5.74, 6) is -0.343. The Morgan fingerprint density at radius 1 is 1.14 bits per heavy atom. The number of hydrogen-bond acceptors (Lipinski definition) is 4. The summed E-state index contributed by atoms with van der Waals surface area (Å²) < 4.78 is 39.7. The van der Waals surface area contributed by atoms with Crippen molar-refractivity contribution in [2.45, 2.75) is 30.4 Å². The van der Waals surface area contributed by atoms with Crippen LogP contribution in [-0.4, -0.2) is 25.9 Å². The number of nitrogens with zero attached hydrogens (tertiary/aromatic N) is 3. The molecule has 3 rings (SSSR count). The Hall–Kier alpha value is -2.81. The smallest absolute Gasteiger partial charge is 0.325 e. The number of thioether (sulfide) groups is 1. The van der Waals surface area contributed by atoms with Gasteiger partial charge in [0.1, 0.15) is 6.33 Å². The topological polar surface area (TPSA) is 59.8 Å². The first kappa shape index (κ1) is 19.9. The summed E-state index contributed by atoms with van der Waals surface area (Å²) in [7, 11) is 0. The molecule has 5 nitrogen and oxygen atoms in total. The quantitative estimate of drug-likeness (QED) is 0.623. The summed E-state index contributed by atoms with van der Waals surface area (Å²) in [6, 6.07) is 12.0. The Balaban J connectivity index is 1.69. The number of carbonyl (C=O) groups is 1. The number of aromatic nitrogens is 3. The van der Waals surface area contributed by atoms with Crippen molar-refractivity contribution in [3.8, 4) is 5.69 Å². The number of amides is 1. The molecule has 1 N–H and O–H groups in total. The lowest BCUT2D eigenvalue weighted by Crippen LogP contribution is -2.23. The first-order chi connectivity index (χ1) is 13.3. The highest BCUT2D eigenvalue weighted by atomic mass is 32.2. The van der Waals surface area contributed by atoms with E-state index in [0.717, 1.165) is 23.4 Å². The molecule has 0 radical (unpaired) electrons. The van der Waals surface area contributed by atoms with Gasteiger partial charge < -0.3 is 5.32 Å². The van der Waals surface area contributed by atoms with Gasteiger partial charge >= 0.3 is 6.18 Å². The third kappa shape index (κ3) is 4.53. The van der Waals surface area contributed by atoms with E-state index in [0.29, 0.717) is 10.8 Å². The maximum Gasteiger partial charge on any atom is 0.416 e. The Morgan fingerprint density at radius 3 is 2.46 bits per heavy atom. The van der Waals surface area contributed by atoms with E-state index in [1.165, 1.54) is 23.9 Å². The van der Waals surface area contributed by atoms with Gasteiger partial charge in [0, 0.05) is 5.69 Å². The number of aryl methyl sites for hydroxylation is 1. The van der Waals surface area contributed by atoms with Gasteiger partial charge in [0.25, 0.3) is 0 Å². The average molecular weight is 406 g/mol. The fourth-order valence-electron chi connectivity index (χ4n) is 2.50. The Labute approximate surface area is 164 Å². The van der Waals surface area contributed by atoms with Crippen molar-refractivity contribution >= 4 is 23.4 Å². The summed E-state index contributed by atoms with van der Waals surface area (Å²) in [6.45, 7) is 3.66. The van der Waals surface area contributed by atoms with E-state index in [2.05, 4.69) is 15.5 Å². The van der Waals surface area contributed by atoms with Gasteiger partial charge in [0.05, 0.1) is 16.5 Å². The molecule has 0 bridgehead atoms. The minimum Gasteiger partial charge on any atom is -0.325 e. The van der Waals surface area contributed by atoms with Crippen LogP contribution in [0.2, 0.25) is 0 Å². The molecule has 0 aliphatic carbocycles.